The first-order chi connectivity index (χ1) is 17.3. The van der Waals surface area contributed by atoms with Crippen molar-refractivity contribution in [2.24, 2.45) is 0 Å². The number of fused-ring (bicyclic) bond motifs is 2. The monoisotopic (exact) mass is 528 g/mol. The van der Waals surface area contributed by atoms with Crippen LogP contribution in [0, 0.1) is 0 Å². The van der Waals surface area contributed by atoms with E-state index in [1.165, 1.54) is 31.6 Å². The minimum absolute atomic E-state index is 0.0102. The molecule has 0 aromatic carbocycles. The Labute approximate surface area is 206 Å². The Hall–Kier alpha value is -3.81. The second-order valence-corrected chi connectivity index (χ2v) is 9.02. The number of aliphatic carboxylic acids is 1. The molecule has 1 aliphatic carbocycles. The van der Waals surface area contributed by atoms with Crippen LogP contribution in [-0.4, -0.2) is 56.8 Å². The average Bonchev–Trinajstić information content (AvgIpc) is 3.48. The van der Waals surface area contributed by atoms with Crippen LogP contribution in [-0.2, 0) is 14.9 Å². The molecule has 0 spiro atoms. The summed E-state index contributed by atoms with van der Waals surface area (Å²) in [6.07, 6.45) is -1.33. The predicted molar refractivity (Wildman–Crippen MR) is 118 cm³/mol. The van der Waals surface area contributed by atoms with Gasteiger partial charge in [0.05, 0.1) is 30.7 Å². The van der Waals surface area contributed by atoms with E-state index >= 15 is 0 Å². The van der Waals surface area contributed by atoms with E-state index in [2.05, 4.69) is 22.2 Å². The summed E-state index contributed by atoms with van der Waals surface area (Å²) in [6, 6.07) is 4.41. The number of carbonyl (C=O) groups is 2. The van der Waals surface area contributed by atoms with E-state index in [9.17, 15) is 26.7 Å². The normalized spacial score (nSPS) is 22.3. The number of imidazole rings is 1. The van der Waals surface area contributed by atoms with Crippen molar-refractivity contribution >= 4 is 23.2 Å². The van der Waals surface area contributed by atoms with Gasteiger partial charge in [0.15, 0.2) is 0 Å². The molecule has 3 fully saturated rings. The molecule has 14 heteroatoms. The number of hydrogen-bond donors (Lipinski definition) is 2. The van der Waals surface area contributed by atoms with Gasteiger partial charge in [0, 0.05) is 29.6 Å². The van der Waals surface area contributed by atoms with Crippen LogP contribution >= 0.6 is 0 Å². The molecule has 6 rings (SSSR count). The van der Waals surface area contributed by atoms with Gasteiger partial charge in [0.2, 0.25) is 5.88 Å². The third kappa shape index (κ3) is 5.05. The Balaban J connectivity index is 0.000000405. The SMILES string of the molecule is COc1ncccc1C(=O)Nc1cn2cc(C34COC(C)(C3)C4)nc2cc1C(F)F.O=C(O)C(F)(F)F. The van der Waals surface area contributed by atoms with Gasteiger partial charge in [0.1, 0.15) is 11.2 Å². The van der Waals surface area contributed by atoms with Crippen molar-refractivity contribution in [3.05, 3.63) is 53.6 Å². The number of hydrogen-bond acceptors (Lipinski definition) is 6. The molecule has 2 aliphatic heterocycles. The van der Waals surface area contributed by atoms with Crippen molar-refractivity contribution < 1.29 is 46.1 Å². The summed E-state index contributed by atoms with van der Waals surface area (Å²) in [5.74, 6) is -3.22. The number of nitrogens with one attached hydrogen (secondary N) is 1. The van der Waals surface area contributed by atoms with Crippen LogP contribution < -0.4 is 10.1 Å². The van der Waals surface area contributed by atoms with Crippen LogP contribution in [0.5, 0.6) is 5.88 Å². The molecule has 3 aromatic heterocycles. The van der Waals surface area contributed by atoms with E-state index in [1.807, 2.05) is 6.20 Å². The summed E-state index contributed by atoms with van der Waals surface area (Å²) in [7, 11) is 1.39. The predicted octanol–water partition coefficient (Wildman–Crippen LogP) is 4.38. The molecule has 3 aromatic rings. The molecule has 37 heavy (non-hydrogen) atoms. The van der Waals surface area contributed by atoms with Gasteiger partial charge in [-0.05, 0) is 38.0 Å². The number of nitrogens with zero attached hydrogens (tertiary/aromatic N) is 3. The van der Waals surface area contributed by atoms with Gasteiger partial charge in [0.25, 0.3) is 12.3 Å². The average molecular weight is 528 g/mol. The van der Waals surface area contributed by atoms with Gasteiger partial charge in [-0.2, -0.15) is 13.2 Å². The van der Waals surface area contributed by atoms with Crippen LogP contribution in [0.25, 0.3) is 5.65 Å². The highest BCUT2D eigenvalue weighted by Crippen LogP contribution is 2.58. The standard InChI is InChI=1S/C21H20F2N4O3.C2HF3O2/c1-20-9-21(10-20,11-30-20)15-8-27-7-14(13(17(22)23)6-16(27)26-15)25-18(28)12-4-3-5-24-19(12)29-2;3-2(4,5)1(6)7/h3-8,17H,9-11H2,1-2H3,(H,25,28);(H,6,7). The number of ether oxygens (including phenoxy) is 2. The molecule has 5 heterocycles. The van der Waals surface area contributed by atoms with Crippen molar-refractivity contribution in [3.8, 4) is 5.88 Å². The van der Waals surface area contributed by atoms with Gasteiger partial charge in [-0.25, -0.2) is 23.5 Å². The van der Waals surface area contributed by atoms with Crippen molar-refractivity contribution in [2.45, 2.75) is 43.4 Å². The molecule has 0 unspecified atom stereocenters. The van der Waals surface area contributed by atoms with Crippen LogP contribution in [0.1, 0.15) is 47.8 Å². The topological polar surface area (TPSA) is 115 Å². The first kappa shape index (κ1) is 26.3. The van der Waals surface area contributed by atoms with E-state index in [0.29, 0.717) is 12.3 Å². The van der Waals surface area contributed by atoms with Crippen molar-refractivity contribution in [2.75, 3.05) is 19.0 Å². The fraction of sp³-hybridized carbons (Fsp3) is 0.391. The number of amides is 1. The highest BCUT2D eigenvalue weighted by Gasteiger charge is 2.61. The fourth-order valence-corrected chi connectivity index (χ4v) is 4.66. The zero-order valence-corrected chi connectivity index (χ0v) is 19.5. The number of alkyl halides is 5. The lowest BCUT2D eigenvalue weighted by Gasteiger charge is -2.41. The Morgan fingerprint density at radius 3 is 2.49 bits per heavy atom. The van der Waals surface area contributed by atoms with Gasteiger partial charge in [-0.3, -0.25) is 4.79 Å². The molecule has 1 amide bonds. The first-order valence-corrected chi connectivity index (χ1v) is 10.8. The number of pyridine rings is 2. The van der Waals surface area contributed by atoms with E-state index < -0.39 is 24.5 Å². The highest BCUT2D eigenvalue weighted by atomic mass is 19.4. The van der Waals surface area contributed by atoms with Crippen LogP contribution in [0.2, 0.25) is 0 Å². The second-order valence-electron chi connectivity index (χ2n) is 9.02. The summed E-state index contributed by atoms with van der Waals surface area (Å²) in [5.41, 5.74) is 0.847. The Morgan fingerprint density at radius 1 is 1.27 bits per heavy atom. The largest absolute Gasteiger partial charge is 0.490 e. The Morgan fingerprint density at radius 2 is 1.95 bits per heavy atom. The fourth-order valence-electron chi connectivity index (χ4n) is 4.66. The quantitative estimate of drug-likeness (QED) is 0.473. The molecule has 198 valence electrons. The van der Waals surface area contributed by atoms with E-state index in [4.69, 9.17) is 19.4 Å². The van der Waals surface area contributed by atoms with E-state index in [1.54, 1.807) is 10.5 Å². The van der Waals surface area contributed by atoms with Gasteiger partial charge >= 0.3 is 12.1 Å². The maximum atomic E-state index is 13.7. The number of methoxy groups -OCH3 is 1. The lowest BCUT2D eigenvalue weighted by Crippen LogP contribution is -2.45. The number of rotatable bonds is 5. The van der Waals surface area contributed by atoms with Gasteiger partial charge < -0.3 is 24.3 Å². The number of carboxylic acids is 1. The van der Waals surface area contributed by atoms with Crippen LogP contribution in [0.15, 0.2) is 36.8 Å². The van der Waals surface area contributed by atoms with E-state index in [0.717, 1.165) is 18.5 Å². The summed E-state index contributed by atoms with van der Waals surface area (Å²) in [4.78, 5) is 30.2. The number of carboxylic acid groups (broad SMARTS) is 1. The summed E-state index contributed by atoms with van der Waals surface area (Å²) in [6.45, 7) is 2.66. The lowest BCUT2D eigenvalue weighted by atomic mass is 9.62. The maximum absolute atomic E-state index is 13.7. The lowest BCUT2D eigenvalue weighted by molar-refractivity contribution is -0.192. The summed E-state index contributed by atoms with van der Waals surface area (Å²) >= 11 is 0. The third-order valence-corrected chi connectivity index (χ3v) is 6.22. The molecule has 1 saturated carbocycles. The number of aromatic nitrogens is 3. The molecule has 2 saturated heterocycles. The highest BCUT2D eigenvalue weighted by molar-refractivity contribution is 6.06. The zero-order valence-electron chi connectivity index (χ0n) is 19.5. The maximum Gasteiger partial charge on any atom is 0.490 e. The molecule has 0 atom stereocenters. The molecular weight excluding hydrogens is 507 g/mol. The molecule has 0 radical (unpaired) electrons. The smallest absolute Gasteiger partial charge is 0.480 e. The Kier molecular flexibility index (Phi) is 6.56. The Bertz CT molecular complexity index is 1350. The number of halogens is 5. The van der Waals surface area contributed by atoms with Crippen LogP contribution in [0.4, 0.5) is 27.6 Å². The summed E-state index contributed by atoms with van der Waals surface area (Å²) in [5, 5.41) is 9.69. The first-order valence-electron chi connectivity index (χ1n) is 10.8. The van der Waals surface area contributed by atoms with Crippen molar-refractivity contribution in [3.63, 3.8) is 0 Å². The summed E-state index contributed by atoms with van der Waals surface area (Å²) < 4.78 is 71.8. The zero-order chi connectivity index (χ0) is 27.2. The van der Waals surface area contributed by atoms with Crippen molar-refractivity contribution in [1.82, 2.24) is 14.4 Å². The van der Waals surface area contributed by atoms with Crippen molar-refractivity contribution in [1.29, 1.82) is 0 Å². The van der Waals surface area contributed by atoms with Gasteiger partial charge in [-0.1, -0.05) is 0 Å². The van der Waals surface area contributed by atoms with Crippen LogP contribution in [0.3, 0.4) is 0 Å². The molecule has 2 bridgehead atoms. The number of anilines is 1. The minimum atomic E-state index is -5.08. The second kappa shape index (κ2) is 9.25. The number of carbonyl (C=O) groups excluding carboxylic acids is 1. The molecule has 9 nitrogen and oxygen atoms in total. The molecular formula is C23H21F5N4O5. The van der Waals surface area contributed by atoms with E-state index in [-0.39, 0.29) is 33.7 Å². The third-order valence-electron chi connectivity index (χ3n) is 6.22. The van der Waals surface area contributed by atoms with Gasteiger partial charge in [-0.15, -0.1) is 0 Å². The molecule has 3 aliphatic rings. The molecule has 2 N–H and O–H groups in total. The minimum Gasteiger partial charge on any atom is -0.480 e.